The summed E-state index contributed by atoms with van der Waals surface area (Å²) in [5.41, 5.74) is 2.01. The highest BCUT2D eigenvalue weighted by Crippen LogP contribution is 2.29. The van der Waals surface area contributed by atoms with Crippen molar-refractivity contribution in [1.29, 1.82) is 0 Å². The highest BCUT2D eigenvalue weighted by Gasteiger charge is 2.11. The number of para-hydroxylation sites is 1. The SMILES string of the molecule is CCCCc1nnc(NC(=O)COc2ccccc2-c2ccccc2)s1. The van der Waals surface area contributed by atoms with Gasteiger partial charge in [-0.2, -0.15) is 0 Å². The van der Waals surface area contributed by atoms with Crippen LogP contribution >= 0.6 is 11.3 Å². The van der Waals surface area contributed by atoms with Crippen LogP contribution in [0.1, 0.15) is 24.8 Å². The van der Waals surface area contributed by atoms with Crippen molar-refractivity contribution in [3.8, 4) is 16.9 Å². The Morgan fingerprint density at radius 2 is 1.85 bits per heavy atom. The van der Waals surface area contributed by atoms with E-state index in [1.807, 2.05) is 54.6 Å². The van der Waals surface area contributed by atoms with Gasteiger partial charge in [0.1, 0.15) is 10.8 Å². The number of nitrogens with one attached hydrogen (secondary N) is 1. The van der Waals surface area contributed by atoms with Crippen LogP contribution in [0.5, 0.6) is 5.75 Å². The summed E-state index contributed by atoms with van der Waals surface area (Å²) in [5.74, 6) is 0.431. The number of aromatic nitrogens is 2. The van der Waals surface area contributed by atoms with E-state index >= 15 is 0 Å². The lowest BCUT2D eigenvalue weighted by Crippen LogP contribution is -2.20. The minimum absolute atomic E-state index is 0.0757. The smallest absolute Gasteiger partial charge is 0.264 e. The molecule has 1 N–H and O–H groups in total. The highest BCUT2D eigenvalue weighted by atomic mass is 32.1. The van der Waals surface area contributed by atoms with Crippen LogP contribution in [-0.4, -0.2) is 22.7 Å². The second-order valence-electron chi connectivity index (χ2n) is 5.80. The second-order valence-corrected chi connectivity index (χ2v) is 6.87. The maximum Gasteiger partial charge on any atom is 0.264 e. The number of benzene rings is 2. The van der Waals surface area contributed by atoms with Gasteiger partial charge in [-0.05, 0) is 18.1 Å². The molecular weight excluding hydrogens is 346 g/mol. The van der Waals surface area contributed by atoms with Crippen molar-refractivity contribution < 1.29 is 9.53 Å². The summed E-state index contributed by atoms with van der Waals surface area (Å²) < 4.78 is 5.74. The fourth-order valence-electron chi connectivity index (χ4n) is 2.48. The molecule has 0 radical (unpaired) electrons. The molecule has 6 heteroatoms. The van der Waals surface area contributed by atoms with Gasteiger partial charge < -0.3 is 4.74 Å². The average molecular weight is 367 g/mol. The third-order valence-corrected chi connectivity index (χ3v) is 4.69. The Morgan fingerprint density at radius 1 is 1.08 bits per heavy atom. The summed E-state index contributed by atoms with van der Waals surface area (Å²) in [6, 6.07) is 17.6. The number of carbonyl (C=O) groups excluding carboxylic acids is 1. The number of carbonyl (C=O) groups is 1. The first-order valence-corrected chi connectivity index (χ1v) is 9.47. The largest absolute Gasteiger partial charge is 0.483 e. The molecule has 0 bridgehead atoms. The number of hydrogen-bond acceptors (Lipinski definition) is 5. The van der Waals surface area contributed by atoms with Gasteiger partial charge in [-0.1, -0.05) is 73.2 Å². The number of ether oxygens (including phenoxy) is 1. The van der Waals surface area contributed by atoms with Gasteiger partial charge in [0.25, 0.3) is 5.91 Å². The van der Waals surface area contributed by atoms with Crippen LogP contribution in [0.15, 0.2) is 54.6 Å². The topological polar surface area (TPSA) is 64.1 Å². The van der Waals surface area contributed by atoms with Crippen molar-refractivity contribution in [2.75, 3.05) is 11.9 Å². The average Bonchev–Trinajstić information content (AvgIpc) is 3.13. The van der Waals surface area contributed by atoms with Crippen molar-refractivity contribution >= 4 is 22.4 Å². The van der Waals surface area contributed by atoms with Crippen LogP contribution in [0.25, 0.3) is 11.1 Å². The summed E-state index contributed by atoms with van der Waals surface area (Å²) in [6.07, 6.45) is 3.07. The molecule has 0 unspecified atom stereocenters. The molecule has 0 aliphatic rings. The third-order valence-electron chi connectivity index (χ3n) is 3.79. The number of unbranched alkanes of at least 4 members (excludes halogenated alkanes) is 1. The minimum Gasteiger partial charge on any atom is -0.483 e. The van der Waals surface area contributed by atoms with E-state index in [2.05, 4.69) is 22.4 Å². The summed E-state index contributed by atoms with van der Waals surface area (Å²) >= 11 is 1.41. The first-order valence-electron chi connectivity index (χ1n) is 8.65. The monoisotopic (exact) mass is 367 g/mol. The molecule has 26 heavy (non-hydrogen) atoms. The van der Waals surface area contributed by atoms with Crippen molar-refractivity contribution in [1.82, 2.24) is 10.2 Å². The van der Waals surface area contributed by atoms with Gasteiger partial charge in [-0.3, -0.25) is 10.1 Å². The number of rotatable bonds is 8. The molecule has 1 heterocycles. The Balaban J connectivity index is 1.59. The molecule has 0 saturated heterocycles. The predicted octanol–water partition coefficient (Wildman–Crippen LogP) is 4.57. The normalized spacial score (nSPS) is 10.5. The molecule has 134 valence electrons. The van der Waals surface area contributed by atoms with Gasteiger partial charge in [0.15, 0.2) is 6.61 Å². The number of nitrogens with zero attached hydrogens (tertiary/aromatic N) is 2. The van der Waals surface area contributed by atoms with E-state index in [0.29, 0.717) is 10.9 Å². The van der Waals surface area contributed by atoms with Crippen LogP contribution in [0, 0.1) is 0 Å². The molecule has 5 nitrogen and oxygen atoms in total. The fourth-order valence-corrected chi connectivity index (χ4v) is 3.28. The fraction of sp³-hybridized carbons (Fsp3) is 0.250. The summed E-state index contributed by atoms with van der Waals surface area (Å²) in [7, 11) is 0. The van der Waals surface area contributed by atoms with Crippen molar-refractivity contribution in [3.63, 3.8) is 0 Å². The van der Waals surface area contributed by atoms with Gasteiger partial charge >= 0.3 is 0 Å². The standard InChI is InChI=1S/C20H21N3O2S/c1-2-3-13-19-22-23-20(26-19)21-18(24)14-25-17-12-8-7-11-16(17)15-9-5-4-6-10-15/h4-12H,2-3,13-14H2,1H3,(H,21,23,24). The molecule has 0 aliphatic heterocycles. The highest BCUT2D eigenvalue weighted by molar-refractivity contribution is 7.15. The molecule has 3 rings (SSSR count). The van der Waals surface area contributed by atoms with Crippen LogP contribution in [0.4, 0.5) is 5.13 Å². The van der Waals surface area contributed by atoms with Crippen LogP contribution in [0.2, 0.25) is 0 Å². The van der Waals surface area contributed by atoms with Gasteiger partial charge in [-0.15, -0.1) is 10.2 Å². The number of hydrogen-bond donors (Lipinski definition) is 1. The third kappa shape index (κ3) is 4.89. The molecule has 1 aromatic heterocycles. The second kappa shape index (κ2) is 9.10. The Kier molecular flexibility index (Phi) is 6.33. The van der Waals surface area contributed by atoms with Crippen LogP contribution in [0.3, 0.4) is 0 Å². The molecule has 0 saturated carbocycles. The van der Waals surface area contributed by atoms with E-state index in [4.69, 9.17) is 4.74 Å². The predicted molar refractivity (Wildman–Crippen MR) is 105 cm³/mol. The molecule has 0 fully saturated rings. The Morgan fingerprint density at radius 3 is 2.65 bits per heavy atom. The lowest BCUT2D eigenvalue weighted by molar-refractivity contribution is -0.118. The zero-order valence-electron chi connectivity index (χ0n) is 14.6. The van der Waals surface area contributed by atoms with Crippen molar-refractivity contribution in [2.45, 2.75) is 26.2 Å². The zero-order chi connectivity index (χ0) is 18.2. The van der Waals surface area contributed by atoms with E-state index in [9.17, 15) is 4.79 Å². The first kappa shape index (κ1) is 18.1. The first-order chi connectivity index (χ1) is 12.8. The maximum atomic E-state index is 12.2. The summed E-state index contributed by atoms with van der Waals surface area (Å²) in [6.45, 7) is 2.06. The number of anilines is 1. The van der Waals surface area contributed by atoms with E-state index in [1.165, 1.54) is 11.3 Å². The lowest BCUT2D eigenvalue weighted by atomic mass is 10.1. The van der Waals surface area contributed by atoms with E-state index < -0.39 is 0 Å². The molecule has 2 aromatic carbocycles. The summed E-state index contributed by atoms with van der Waals surface area (Å²) in [4.78, 5) is 12.2. The van der Waals surface area contributed by atoms with Crippen molar-refractivity contribution in [3.05, 3.63) is 59.6 Å². The lowest BCUT2D eigenvalue weighted by Gasteiger charge is -2.11. The molecule has 3 aromatic rings. The minimum atomic E-state index is -0.244. The van der Waals surface area contributed by atoms with E-state index in [1.54, 1.807) is 0 Å². The van der Waals surface area contributed by atoms with Crippen molar-refractivity contribution in [2.24, 2.45) is 0 Å². The molecule has 0 spiro atoms. The van der Waals surface area contributed by atoms with Gasteiger partial charge in [0.2, 0.25) is 5.13 Å². The van der Waals surface area contributed by atoms with Gasteiger partial charge in [-0.25, -0.2) is 0 Å². The van der Waals surface area contributed by atoms with Crippen LogP contribution < -0.4 is 10.1 Å². The summed E-state index contributed by atoms with van der Waals surface area (Å²) in [5, 5.41) is 12.3. The van der Waals surface area contributed by atoms with Gasteiger partial charge in [0, 0.05) is 12.0 Å². The van der Waals surface area contributed by atoms with Gasteiger partial charge in [0.05, 0.1) is 0 Å². The molecule has 0 atom stereocenters. The maximum absolute atomic E-state index is 12.2. The Bertz CT molecular complexity index is 849. The Hall–Kier alpha value is -2.73. The quantitative estimate of drug-likeness (QED) is 0.634. The van der Waals surface area contributed by atoms with Crippen LogP contribution in [-0.2, 0) is 11.2 Å². The molecule has 1 amide bonds. The number of aryl methyl sites for hydroxylation is 1. The van der Waals surface area contributed by atoms with E-state index in [-0.39, 0.29) is 12.5 Å². The number of amides is 1. The Labute approximate surface area is 157 Å². The molecule has 0 aliphatic carbocycles. The van der Waals surface area contributed by atoms with E-state index in [0.717, 1.165) is 35.4 Å². The molecular formula is C20H21N3O2S. The zero-order valence-corrected chi connectivity index (χ0v) is 15.5.